The zero-order chi connectivity index (χ0) is 41.5. The van der Waals surface area contributed by atoms with Crippen LogP contribution in [-0.4, -0.2) is 84.6 Å². The van der Waals surface area contributed by atoms with Gasteiger partial charge in [-0.1, -0.05) is 43.2 Å². The first kappa shape index (κ1) is 40.3. The summed E-state index contributed by atoms with van der Waals surface area (Å²) in [5.74, 6) is -0.504. The molecule has 8 rings (SSSR count). The molecule has 1 aliphatic carbocycles. The van der Waals surface area contributed by atoms with Crippen LogP contribution in [0.1, 0.15) is 61.0 Å². The predicted molar refractivity (Wildman–Crippen MR) is 228 cm³/mol. The van der Waals surface area contributed by atoms with Gasteiger partial charge in [-0.05, 0) is 96.7 Å². The molecular weight excluding hydrogens is 794 g/mol. The molecule has 1 fully saturated rings. The van der Waals surface area contributed by atoms with Crippen LogP contribution in [0.4, 0.5) is 17.1 Å². The highest BCUT2D eigenvalue weighted by atomic mass is 35.5. The predicted octanol–water partition coefficient (Wildman–Crippen LogP) is 7.54. The third kappa shape index (κ3) is 8.79. The van der Waals surface area contributed by atoms with Crippen molar-refractivity contribution < 1.29 is 28.0 Å². The fraction of sp³-hybridized carbons (Fsp3) is 0.349. The highest BCUT2D eigenvalue weighted by Gasteiger charge is 2.33. The standard InChI is InChI=1S/C43H46ClN7O7S/c1-43(2)12-9-29(37(24-43)27-3-5-31(44)6-4-27)26-49-14-16-50(17-15-49)33-7-8-36(39(22-33)58-34-20-28-10-13-45-41(28)46-25-34)42(53)48-59(56,57)35-21-30-19-32(11-18-52)47-40(30)38(23-35)51(54)55/h3-8,10,13,20-23,25,32,47,52H,9,11-12,14-19,24,26H2,1-2H3,(H,45,46)(H,48,53)/t32-/m0/s1. The number of H-pyrrole nitrogens is 1. The lowest BCUT2D eigenvalue weighted by atomic mass is 9.72. The SMILES string of the molecule is CC1(C)CCC(CN2CCN(c3ccc(C(=O)NS(=O)(=O)c4cc5c(c([N+](=O)[O-])c4)N[C@@H](CCO)C5)c(Oc4cnc5[nH]ccc5c4)c3)CC2)=C(c2ccc(Cl)cc2)C1. The number of nitro benzene ring substituents is 1. The van der Waals surface area contributed by atoms with Gasteiger partial charge in [0.25, 0.3) is 21.6 Å². The zero-order valence-electron chi connectivity index (χ0n) is 32.8. The number of anilines is 2. The van der Waals surface area contributed by atoms with Gasteiger partial charge in [0.15, 0.2) is 0 Å². The minimum Gasteiger partial charge on any atom is -0.455 e. The summed E-state index contributed by atoms with van der Waals surface area (Å²) in [6, 6.07) is 18.8. The molecule has 0 radical (unpaired) electrons. The van der Waals surface area contributed by atoms with E-state index in [0.717, 1.165) is 74.1 Å². The maximum absolute atomic E-state index is 13.9. The number of aromatic amines is 1. The number of aromatic nitrogens is 2. The largest absolute Gasteiger partial charge is 0.455 e. The van der Waals surface area contributed by atoms with Gasteiger partial charge >= 0.3 is 0 Å². The minimum absolute atomic E-state index is 0.0487. The van der Waals surface area contributed by atoms with Crippen molar-refractivity contribution in [3.63, 3.8) is 0 Å². The highest BCUT2D eigenvalue weighted by molar-refractivity contribution is 7.90. The van der Waals surface area contributed by atoms with Gasteiger partial charge in [0.1, 0.15) is 22.8 Å². The number of aliphatic hydroxyl groups is 1. The molecule has 59 heavy (non-hydrogen) atoms. The van der Waals surface area contributed by atoms with Gasteiger partial charge in [-0.3, -0.25) is 19.8 Å². The van der Waals surface area contributed by atoms with E-state index in [1.54, 1.807) is 24.4 Å². The number of benzene rings is 3. The fourth-order valence-electron chi connectivity index (χ4n) is 8.35. The smallest absolute Gasteiger partial charge is 0.293 e. The number of aliphatic hydroxyl groups excluding tert-OH is 1. The molecule has 14 nitrogen and oxygen atoms in total. The topological polar surface area (TPSA) is 183 Å². The number of ether oxygens (including phenoxy) is 1. The van der Waals surface area contributed by atoms with Gasteiger partial charge in [0.2, 0.25) is 0 Å². The number of hydrogen-bond donors (Lipinski definition) is 4. The normalized spacial score (nSPS) is 18.1. The number of amides is 1. The van der Waals surface area contributed by atoms with Crippen LogP contribution in [0.2, 0.25) is 5.02 Å². The Kier molecular flexibility index (Phi) is 11.1. The van der Waals surface area contributed by atoms with Crippen molar-refractivity contribution in [2.45, 2.75) is 56.9 Å². The maximum atomic E-state index is 13.9. The van der Waals surface area contributed by atoms with Crippen LogP contribution in [0.5, 0.6) is 11.5 Å². The van der Waals surface area contributed by atoms with E-state index in [2.05, 4.69) is 55.8 Å². The number of fused-ring (bicyclic) bond motifs is 2. The van der Waals surface area contributed by atoms with E-state index in [1.165, 1.54) is 35.0 Å². The second kappa shape index (κ2) is 16.3. The number of hydrogen-bond acceptors (Lipinski definition) is 11. The Morgan fingerprint density at radius 2 is 1.86 bits per heavy atom. The second-order valence-corrected chi connectivity index (χ2v) is 18.4. The lowest BCUT2D eigenvalue weighted by molar-refractivity contribution is -0.384. The van der Waals surface area contributed by atoms with Crippen molar-refractivity contribution >= 4 is 61.2 Å². The number of rotatable bonds is 12. The molecule has 0 bridgehead atoms. The number of carbonyl (C=O) groups excluding carboxylic acids is 1. The quantitative estimate of drug-likeness (QED) is 0.0720. The molecule has 1 saturated heterocycles. The summed E-state index contributed by atoms with van der Waals surface area (Å²) in [6.45, 7) is 8.46. The van der Waals surface area contributed by atoms with Crippen LogP contribution in [0.15, 0.2) is 89.6 Å². The molecule has 0 spiro atoms. The van der Waals surface area contributed by atoms with E-state index in [0.29, 0.717) is 23.4 Å². The van der Waals surface area contributed by atoms with Gasteiger partial charge in [-0.2, -0.15) is 0 Å². The number of piperazine rings is 1. The minimum atomic E-state index is -4.58. The van der Waals surface area contributed by atoms with Crippen molar-refractivity contribution in [3.8, 4) is 11.5 Å². The zero-order valence-corrected chi connectivity index (χ0v) is 34.4. The molecule has 0 saturated carbocycles. The van der Waals surface area contributed by atoms with E-state index >= 15 is 0 Å². The molecule has 308 valence electrons. The van der Waals surface area contributed by atoms with E-state index in [-0.39, 0.29) is 41.5 Å². The number of sulfonamides is 1. The van der Waals surface area contributed by atoms with E-state index < -0.39 is 31.4 Å². The molecule has 3 aliphatic rings. The molecule has 5 aromatic rings. The van der Waals surface area contributed by atoms with Crippen LogP contribution >= 0.6 is 11.6 Å². The Bertz CT molecular complexity index is 2570. The summed E-state index contributed by atoms with van der Waals surface area (Å²) in [4.78, 5) is 37.0. The van der Waals surface area contributed by atoms with Crippen LogP contribution in [-0.2, 0) is 16.4 Å². The highest BCUT2D eigenvalue weighted by Crippen LogP contribution is 2.44. The maximum Gasteiger partial charge on any atom is 0.293 e. The molecule has 3 aromatic carbocycles. The van der Waals surface area contributed by atoms with E-state index in [9.17, 15) is 28.4 Å². The summed E-state index contributed by atoms with van der Waals surface area (Å²) < 4.78 is 35.9. The first-order valence-electron chi connectivity index (χ1n) is 19.7. The summed E-state index contributed by atoms with van der Waals surface area (Å²) in [7, 11) is -4.58. The molecule has 1 atom stereocenters. The van der Waals surface area contributed by atoms with Crippen LogP contribution in [0, 0.1) is 15.5 Å². The number of pyridine rings is 1. The average molecular weight is 840 g/mol. The van der Waals surface area contributed by atoms with Gasteiger partial charge in [0, 0.05) is 79.8 Å². The number of nitrogens with zero attached hydrogens (tertiary/aromatic N) is 4. The van der Waals surface area contributed by atoms with Gasteiger partial charge in [-0.15, -0.1) is 0 Å². The van der Waals surface area contributed by atoms with Gasteiger partial charge < -0.3 is 25.0 Å². The second-order valence-electron chi connectivity index (χ2n) is 16.3. The number of halogens is 1. The van der Waals surface area contributed by atoms with Crippen molar-refractivity contribution in [1.82, 2.24) is 19.6 Å². The van der Waals surface area contributed by atoms with Gasteiger partial charge in [-0.25, -0.2) is 18.1 Å². The Balaban J connectivity index is 1.03. The number of nitro groups is 1. The van der Waals surface area contributed by atoms with Crippen molar-refractivity contribution in [3.05, 3.63) is 117 Å². The van der Waals surface area contributed by atoms with Crippen LogP contribution in [0.25, 0.3) is 16.6 Å². The Morgan fingerprint density at radius 3 is 2.61 bits per heavy atom. The summed E-state index contributed by atoms with van der Waals surface area (Å²) in [6.07, 6.45) is 7.06. The van der Waals surface area contributed by atoms with E-state index in [4.69, 9.17) is 16.3 Å². The Hall–Kier alpha value is -5.48. The van der Waals surface area contributed by atoms with Gasteiger partial charge in [0.05, 0.1) is 21.6 Å². The van der Waals surface area contributed by atoms with Crippen LogP contribution < -0.4 is 19.7 Å². The summed E-state index contributed by atoms with van der Waals surface area (Å²) in [5, 5.41) is 25.9. The summed E-state index contributed by atoms with van der Waals surface area (Å²) in [5.41, 5.74) is 5.91. The van der Waals surface area contributed by atoms with E-state index in [1.807, 2.05) is 18.2 Å². The third-order valence-electron chi connectivity index (χ3n) is 11.5. The number of allylic oxidation sites excluding steroid dienone is 1. The first-order chi connectivity index (χ1) is 28.2. The number of carbonyl (C=O) groups is 1. The molecule has 2 aromatic heterocycles. The first-order valence-corrected chi connectivity index (χ1v) is 21.6. The lowest BCUT2D eigenvalue weighted by Gasteiger charge is -2.39. The molecule has 16 heteroatoms. The Morgan fingerprint density at radius 1 is 1.08 bits per heavy atom. The average Bonchev–Trinajstić information content (AvgIpc) is 3.85. The molecule has 4 N–H and O–H groups in total. The van der Waals surface area contributed by atoms with Crippen molar-refractivity contribution in [2.75, 3.05) is 49.5 Å². The molecule has 4 heterocycles. The van der Waals surface area contributed by atoms with Crippen molar-refractivity contribution in [2.24, 2.45) is 5.41 Å². The van der Waals surface area contributed by atoms with Crippen LogP contribution in [0.3, 0.4) is 0 Å². The molecule has 2 aliphatic heterocycles. The lowest BCUT2D eigenvalue weighted by Crippen LogP contribution is -2.47. The molecule has 0 unspecified atom stereocenters. The third-order valence-corrected chi connectivity index (χ3v) is 13.1. The fourth-order valence-corrected chi connectivity index (χ4v) is 9.51. The molecular formula is C43H46ClN7O7S. The van der Waals surface area contributed by atoms with Crippen molar-refractivity contribution in [1.29, 1.82) is 0 Å². The summed E-state index contributed by atoms with van der Waals surface area (Å²) >= 11 is 6.23. The Labute approximate surface area is 347 Å². The molecule has 1 amide bonds. The number of nitrogens with one attached hydrogen (secondary N) is 3. The monoisotopic (exact) mass is 839 g/mol.